The molecule has 2 aliphatic rings. The molecule has 1 atom stereocenters. The predicted molar refractivity (Wildman–Crippen MR) is 79.3 cm³/mol. The topological polar surface area (TPSA) is 49.9 Å². The first-order chi connectivity index (χ1) is 10.2. The van der Waals surface area contributed by atoms with E-state index in [0.29, 0.717) is 11.4 Å². The molecule has 5 nitrogen and oxygen atoms in total. The molecule has 1 aromatic carbocycles. The zero-order valence-corrected chi connectivity index (χ0v) is 12.2. The largest absolute Gasteiger partial charge is 0.482 e. The lowest BCUT2D eigenvalue weighted by Gasteiger charge is -2.36. The van der Waals surface area contributed by atoms with Crippen LogP contribution in [-0.2, 0) is 9.59 Å². The number of amides is 2. The van der Waals surface area contributed by atoms with E-state index in [9.17, 15) is 9.59 Å². The number of rotatable bonds is 2. The highest BCUT2D eigenvalue weighted by atomic mass is 16.5. The van der Waals surface area contributed by atoms with Crippen LogP contribution in [0.3, 0.4) is 0 Å². The Labute approximate surface area is 124 Å². The Morgan fingerprint density at radius 1 is 1.33 bits per heavy atom. The van der Waals surface area contributed by atoms with Gasteiger partial charge >= 0.3 is 0 Å². The molecule has 112 valence electrons. The summed E-state index contributed by atoms with van der Waals surface area (Å²) in [5, 5.41) is 0. The average molecular weight is 288 g/mol. The third-order valence-corrected chi connectivity index (χ3v) is 4.22. The van der Waals surface area contributed by atoms with Gasteiger partial charge in [-0.2, -0.15) is 0 Å². The highest BCUT2D eigenvalue weighted by Crippen LogP contribution is 2.31. The lowest BCUT2D eigenvalue weighted by Crippen LogP contribution is -2.50. The summed E-state index contributed by atoms with van der Waals surface area (Å²) in [7, 11) is 0. The molecule has 2 aliphatic heterocycles. The van der Waals surface area contributed by atoms with Crippen LogP contribution in [0.2, 0.25) is 0 Å². The van der Waals surface area contributed by atoms with Gasteiger partial charge in [-0.25, -0.2) is 0 Å². The first-order valence-electron chi connectivity index (χ1n) is 7.48. The lowest BCUT2D eigenvalue weighted by molar-refractivity contribution is -0.134. The van der Waals surface area contributed by atoms with Gasteiger partial charge in [0, 0.05) is 12.6 Å². The van der Waals surface area contributed by atoms with Crippen LogP contribution >= 0.6 is 0 Å². The molecule has 0 spiro atoms. The number of piperidine rings is 1. The van der Waals surface area contributed by atoms with Crippen molar-refractivity contribution in [2.75, 3.05) is 24.6 Å². The van der Waals surface area contributed by atoms with Crippen LogP contribution in [-0.4, -0.2) is 42.5 Å². The molecule has 1 aromatic rings. The quantitative estimate of drug-likeness (QED) is 0.834. The van der Waals surface area contributed by atoms with Crippen molar-refractivity contribution in [3.63, 3.8) is 0 Å². The minimum Gasteiger partial charge on any atom is -0.482 e. The van der Waals surface area contributed by atoms with Crippen molar-refractivity contribution >= 4 is 17.5 Å². The molecule has 5 heteroatoms. The molecule has 2 heterocycles. The van der Waals surface area contributed by atoms with Crippen molar-refractivity contribution in [3.8, 4) is 5.75 Å². The minimum atomic E-state index is -0.160. The number of hydrogen-bond acceptors (Lipinski definition) is 3. The molecule has 1 saturated heterocycles. The molecule has 21 heavy (non-hydrogen) atoms. The molecule has 0 saturated carbocycles. The van der Waals surface area contributed by atoms with Crippen LogP contribution in [0, 0.1) is 0 Å². The summed E-state index contributed by atoms with van der Waals surface area (Å²) in [6.07, 6.45) is 3.26. The van der Waals surface area contributed by atoms with Crippen molar-refractivity contribution in [1.29, 1.82) is 0 Å². The van der Waals surface area contributed by atoms with Crippen LogP contribution in [0.1, 0.15) is 26.2 Å². The minimum absolute atomic E-state index is 0.000152. The molecule has 0 N–H and O–H groups in total. The van der Waals surface area contributed by atoms with Crippen LogP contribution < -0.4 is 9.64 Å². The molecule has 3 rings (SSSR count). The Bertz CT molecular complexity index is 558. The van der Waals surface area contributed by atoms with Crippen molar-refractivity contribution in [1.82, 2.24) is 4.90 Å². The van der Waals surface area contributed by atoms with Gasteiger partial charge < -0.3 is 9.64 Å². The number of nitrogens with zero attached hydrogens (tertiary/aromatic N) is 2. The van der Waals surface area contributed by atoms with E-state index >= 15 is 0 Å². The number of ether oxygens (including phenoxy) is 1. The Balaban J connectivity index is 1.77. The zero-order valence-electron chi connectivity index (χ0n) is 12.2. The van der Waals surface area contributed by atoms with Crippen molar-refractivity contribution < 1.29 is 14.3 Å². The number of fused-ring (bicyclic) bond motifs is 1. The predicted octanol–water partition coefficient (Wildman–Crippen LogP) is 1.81. The second kappa shape index (κ2) is 5.76. The Morgan fingerprint density at radius 3 is 2.95 bits per heavy atom. The molecule has 0 aliphatic carbocycles. The molecular formula is C16H20N2O3. The zero-order chi connectivity index (χ0) is 14.8. The van der Waals surface area contributed by atoms with Gasteiger partial charge in [0.15, 0.2) is 6.61 Å². The molecule has 0 aromatic heterocycles. The Morgan fingerprint density at radius 2 is 2.14 bits per heavy atom. The van der Waals surface area contributed by atoms with Gasteiger partial charge in [-0.1, -0.05) is 12.1 Å². The molecule has 0 radical (unpaired) electrons. The second-order valence-electron chi connectivity index (χ2n) is 5.67. The van der Waals surface area contributed by atoms with Crippen LogP contribution in [0.4, 0.5) is 5.69 Å². The van der Waals surface area contributed by atoms with Gasteiger partial charge in [0.2, 0.25) is 5.91 Å². The van der Waals surface area contributed by atoms with E-state index < -0.39 is 0 Å². The highest BCUT2D eigenvalue weighted by molar-refractivity contribution is 6.02. The number of likely N-dealkylation sites (tertiary alicyclic amines) is 1. The Kier molecular flexibility index (Phi) is 3.82. The normalized spacial score (nSPS) is 21.8. The van der Waals surface area contributed by atoms with Gasteiger partial charge in [-0.3, -0.25) is 14.5 Å². The third-order valence-electron chi connectivity index (χ3n) is 4.22. The summed E-state index contributed by atoms with van der Waals surface area (Å²) in [5.41, 5.74) is 0.687. The maximum Gasteiger partial charge on any atom is 0.265 e. The monoisotopic (exact) mass is 288 g/mol. The van der Waals surface area contributed by atoms with E-state index in [1.165, 1.54) is 6.42 Å². The number of benzene rings is 1. The summed E-state index contributed by atoms with van der Waals surface area (Å²) < 4.78 is 5.40. The summed E-state index contributed by atoms with van der Waals surface area (Å²) in [4.78, 5) is 28.1. The first-order valence-corrected chi connectivity index (χ1v) is 7.48. The van der Waals surface area contributed by atoms with E-state index in [0.717, 1.165) is 19.4 Å². The SMILES string of the molecule is C[C@H]1CCCCN1C(=O)CN1C(=O)COc2ccccc21. The molecule has 2 amide bonds. The lowest BCUT2D eigenvalue weighted by atomic mass is 10.0. The first kappa shape index (κ1) is 13.9. The van der Waals surface area contributed by atoms with E-state index in [4.69, 9.17) is 4.74 Å². The Hall–Kier alpha value is -2.04. The third kappa shape index (κ3) is 2.73. The van der Waals surface area contributed by atoms with Crippen LogP contribution in [0.25, 0.3) is 0 Å². The molecule has 0 unspecified atom stereocenters. The van der Waals surface area contributed by atoms with Gasteiger partial charge in [-0.15, -0.1) is 0 Å². The maximum absolute atomic E-state index is 12.5. The number of carbonyl (C=O) groups is 2. The molecule has 1 fully saturated rings. The highest BCUT2D eigenvalue weighted by Gasteiger charge is 2.30. The molecule has 0 bridgehead atoms. The van der Waals surface area contributed by atoms with E-state index in [2.05, 4.69) is 6.92 Å². The summed E-state index contributed by atoms with van der Waals surface area (Å²) in [5.74, 6) is 0.524. The number of anilines is 1. The standard InChI is InChI=1S/C16H20N2O3/c1-12-6-4-5-9-17(12)15(19)10-18-13-7-2-3-8-14(13)21-11-16(18)20/h2-3,7-8,12H,4-6,9-11H2,1H3/t12-/m0/s1. The van der Waals surface area contributed by atoms with Gasteiger partial charge in [0.25, 0.3) is 5.91 Å². The van der Waals surface area contributed by atoms with Crippen molar-refractivity contribution in [3.05, 3.63) is 24.3 Å². The number of para-hydroxylation sites is 2. The second-order valence-corrected chi connectivity index (χ2v) is 5.67. The number of carbonyl (C=O) groups excluding carboxylic acids is 2. The summed E-state index contributed by atoms with van der Waals surface area (Å²) >= 11 is 0. The number of hydrogen-bond donors (Lipinski definition) is 0. The van der Waals surface area contributed by atoms with Crippen molar-refractivity contribution in [2.24, 2.45) is 0 Å². The van der Waals surface area contributed by atoms with E-state index in [-0.39, 0.29) is 31.0 Å². The molecular weight excluding hydrogens is 268 g/mol. The fourth-order valence-corrected chi connectivity index (χ4v) is 3.02. The van der Waals surface area contributed by atoms with E-state index in [1.54, 1.807) is 4.90 Å². The average Bonchev–Trinajstić information content (AvgIpc) is 2.50. The van der Waals surface area contributed by atoms with E-state index in [1.807, 2.05) is 29.2 Å². The van der Waals surface area contributed by atoms with Crippen molar-refractivity contribution in [2.45, 2.75) is 32.2 Å². The van der Waals surface area contributed by atoms with Gasteiger partial charge in [0.1, 0.15) is 12.3 Å². The van der Waals surface area contributed by atoms with Crippen LogP contribution in [0.15, 0.2) is 24.3 Å². The smallest absolute Gasteiger partial charge is 0.265 e. The fourth-order valence-electron chi connectivity index (χ4n) is 3.02. The van der Waals surface area contributed by atoms with Gasteiger partial charge in [-0.05, 0) is 38.3 Å². The summed E-state index contributed by atoms with van der Waals surface area (Å²) in [6, 6.07) is 7.61. The van der Waals surface area contributed by atoms with Crippen LogP contribution in [0.5, 0.6) is 5.75 Å². The summed E-state index contributed by atoms with van der Waals surface area (Å²) in [6.45, 7) is 2.97. The fraction of sp³-hybridized carbons (Fsp3) is 0.500. The van der Waals surface area contributed by atoms with Gasteiger partial charge in [0.05, 0.1) is 5.69 Å². The maximum atomic E-state index is 12.5.